The Hall–Kier alpha value is -1.10. The first-order valence-corrected chi connectivity index (χ1v) is 7.11. The summed E-state index contributed by atoms with van der Waals surface area (Å²) in [7, 11) is 0. The number of benzene rings is 1. The van der Waals surface area contributed by atoms with E-state index in [1.807, 2.05) is 18.2 Å². The molecule has 0 bridgehead atoms. The maximum absolute atomic E-state index is 5.98. The van der Waals surface area contributed by atoms with Crippen LogP contribution in [-0.2, 0) is 15.9 Å². The molecular weight excluding hydrogens is 240 g/mol. The van der Waals surface area contributed by atoms with Gasteiger partial charge in [-0.3, -0.25) is 4.90 Å². The number of likely N-dealkylation sites (tertiary alicyclic amines) is 1. The van der Waals surface area contributed by atoms with Crippen LogP contribution in [0.4, 0.5) is 5.69 Å². The number of nitrogen functional groups attached to an aromatic ring is 1. The lowest BCUT2D eigenvalue weighted by atomic mass is 10.0. The first-order valence-electron chi connectivity index (χ1n) is 7.11. The first kappa shape index (κ1) is 12.9. The van der Waals surface area contributed by atoms with Gasteiger partial charge < -0.3 is 15.2 Å². The standard InChI is InChI=1S/C15H22N2O2/c16-14-5-2-1-4-13(14)6-9-17-8-3-7-15(12-17)18-10-11-19-15/h1-2,4-5H,3,6-12,16H2. The van der Waals surface area contributed by atoms with Gasteiger partial charge in [0.25, 0.3) is 0 Å². The molecule has 0 radical (unpaired) electrons. The highest BCUT2D eigenvalue weighted by atomic mass is 16.7. The van der Waals surface area contributed by atoms with Crippen molar-refractivity contribution in [2.75, 3.05) is 38.6 Å². The summed E-state index contributed by atoms with van der Waals surface area (Å²) >= 11 is 0. The maximum atomic E-state index is 5.98. The minimum Gasteiger partial charge on any atom is -0.399 e. The van der Waals surface area contributed by atoms with E-state index in [9.17, 15) is 0 Å². The second-order valence-electron chi connectivity index (χ2n) is 5.44. The molecular formula is C15H22N2O2. The molecule has 0 amide bonds. The van der Waals surface area contributed by atoms with Crippen LogP contribution in [0.3, 0.4) is 0 Å². The maximum Gasteiger partial charge on any atom is 0.181 e. The van der Waals surface area contributed by atoms with Gasteiger partial charge in [-0.1, -0.05) is 18.2 Å². The largest absolute Gasteiger partial charge is 0.399 e. The summed E-state index contributed by atoms with van der Waals surface area (Å²) in [6, 6.07) is 8.11. The molecule has 1 aromatic rings. The molecule has 2 N–H and O–H groups in total. The lowest BCUT2D eigenvalue weighted by Crippen LogP contribution is -2.49. The molecule has 1 aromatic carbocycles. The van der Waals surface area contributed by atoms with Crippen molar-refractivity contribution >= 4 is 5.69 Å². The highest BCUT2D eigenvalue weighted by Gasteiger charge is 2.40. The van der Waals surface area contributed by atoms with Gasteiger partial charge in [0.15, 0.2) is 5.79 Å². The molecule has 4 nitrogen and oxygen atoms in total. The zero-order valence-corrected chi connectivity index (χ0v) is 11.3. The van der Waals surface area contributed by atoms with Gasteiger partial charge in [0.05, 0.1) is 19.8 Å². The molecule has 2 fully saturated rings. The highest BCUT2D eigenvalue weighted by molar-refractivity contribution is 5.46. The summed E-state index contributed by atoms with van der Waals surface area (Å²) in [5, 5.41) is 0. The third kappa shape index (κ3) is 2.91. The van der Waals surface area contributed by atoms with Crippen LogP contribution in [0.25, 0.3) is 0 Å². The molecule has 104 valence electrons. The van der Waals surface area contributed by atoms with Crippen LogP contribution in [0.5, 0.6) is 0 Å². The molecule has 2 heterocycles. The van der Waals surface area contributed by atoms with Gasteiger partial charge in [-0.2, -0.15) is 0 Å². The van der Waals surface area contributed by atoms with Crippen molar-refractivity contribution in [2.24, 2.45) is 0 Å². The van der Waals surface area contributed by atoms with Crippen LogP contribution in [0.15, 0.2) is 24.3 Å². The predicted molar refractivity (Wildman–Crippen MR) is 74.9 cm³/mol. The van der Waals surface area contributed by atoms with Gasteiger partial charge in [-0.05, 0) is 31.0 Å². The third-order valence-electron chi connectivity index (χ3n) is 4.06. The lowest BCUT2D eigenvalue weighted by Gasteiger charge is -2.38. The van der Waals surface area contributed by atoms with E-state index in [-0.39, 0.29) is 5.79 Å². The minimum absolute atomic E-state index is 0.319. The molecule has 0 saturated carbocycles. The highest BCUT2D eigenvalue weighted by Crippen LogP contribution is 2.30. The second-order valence-corrected chi connectivity index (χ2v) is 5.44. The van der Waals surface area contributed by atoms with Crippen molar-refractivity contribution in [3.8, 4) is 0 Å². The summed E-state index contributed by atoms with van der Waals surface area (Å²) in [6.45, 7) is 4.50. The summed E-state index contributed by atoms with van der Waals surface area (Å²) in [4.78, 5) is 2.43. The van der Waals surface area contributed by atoms with Gasteiger partial charge in [0.1, 0.15) is 0 Å². The van der Waals surface area contributed by atoms with Crippen LogP contribution >= 0.6 is 0 Å². The topological polar surface area (TPSA) is 47.7 Å². The summed E-state index contributed by atoms with van der Waals surface area (Å²) in [5.41, 5.74) is 8.11. The van der Waals surface area contributed by atoms with Crippen LogP contribution < -0.4 is 5.73 Å². The Labute approximate surface area is 114 Å². The van der Waals surface area contributed by atoms with Gasteiger partial charge in [0, 0.05) is 18.7 Å². The second kappa shape index (κ2) is 5.49. The molecule has 0 unspecified atom stereocenters. The van der Waals surface area contributed by atoms with Crippen LogP contribution in [-0.4, -0.2) is 43.5 Å². The monoisotopic (exact) mass is 262 g/mol. The van der Waals surface area contributed by atoms with E-state index in [0.717, 1.165) is 57.8 Å². The van der Waals surface area contributed by atoms with Crippen molar-refractivity contribution in [2.45, 2.75) is 25.0 Å². The lowest BCUT2D eigenvalue weighted by molar-refractivity contribution is -0.189. The number of rotatable bonds is 3. The predicted octanol–water partition coefficient (Wildman–Crippen LogP) is 1.65. The fourth-order valence-electron chi connectivity index (χ4n) is 3.03. The number of hydrogen-bond donors (Lipinski definition) is 1. The number of anilines is 1. The molecule has 3 rings (SSSR count). The third-order valence-corrected chi connectivity index (χ3v) is 4.06. The van der Waals surface area contributed by atoms with Crippen LogP contribution in [0.2, 0.25) is 0 Å². The number of piperidine rings is 1. The molecule has 2 aliphatic heterocycles. The molecule has 0 atom stereocenters. The SMILES string of the molecule is Nc1ccccc1CCN1CCCC2(C1)OCCO2. The zero-order valence-electron chi connectivity index (χ0n) is 11.3. The smallest absolute Gasteiger partial charge is 0.181 e. The Morgan fingerprint density at radius 3 is 2.79 bits per heavy atom. The normalized spacial score (nSPS) is 22.9. The van der Waals surface area contributed by atoms with E-state index in [2.05, 4.69) is 11.0 Å². The van der Waals surface area contributed by atoms with Gasteiger partial charge in [-0.15, -0.1) is 0 Å². The van der Waals surface area contributed by atoms with Crippen molar-refractivity contribution in [3.05, 3.63) is 29.8 Å². The van der Waals surface area contributed by atoms with Gasteiger partial charge >= 0.3 is 0 Å². The molecule has 0 aliphatic carbocycles. The summed E-state index contributed by atoms with van der Waals surface area (Å²) in [5.74, 6) is -0.319. The van der Waals surface area contributed by atoms with Crippen molar-refractivity contribution in [3.63, 3.8) is 0 Å². The van der Waals surface area contributed by atoms with Gasteiger partial charge in [0.2, 0.25) is 0 Å². The Morgan fingerprint density at radius 2 is 2.00 bits per heavy atom. The average Bonchev–Trinajstić information content (AvgIpc) is 2.86. The van der Waals surface area contributed by atoms with E-state index in [1.165, 1.54) is 5.56 Å². The molecule has 19 heavy (non-hydrogen) atoms. The Balaban J connectivity index is 1.57. The number of nitrogens with zero attached hydrogens (tertiary/aromatic N) is 1. The van der Waals surface area contributed by atoms with Crippen molar-refractivity contribution in [1.82, 2.24) is 4.90 Å². The van der Waals surface area contributed by atoms with Crippen molar-refractivity contribution in [1.29, 1.82) is 0 Å². The quantitative estimate of drug-likeness (QED) is 0.841. The van der Waals surface area contributed by atoms with E-state index < -0.39 is 0 Å². The van der Waals surface area contributed by atoms with E-state index in [4.69, 9.17) is 15.2 Å². The Kier molecular flexibility index (Phi) is 3.73. The number of hydrogen-bond acceptors (Lipinski definition) is 4. The Morgan fingerprint density at radius 1 is 1.21 bits per heavy atom. The molecule has 1 spiro atoms. The summed E-state index contributed by atoms with van der Waals surface area (Å²) < 4.78 is 11.6. The Bertz CT molecular complexity index is 430. The molecule has 4 heteroatoms. The number of nitrogens with two attached hydrogens (primary N) is 1. The fourth-order valence-corrected chi connectivity index (χ4v) is 3.03. The zero-order chi connectivity index (χ0) is 13.1. The average molecular weight is 262 g/mol. The minimum atomic E-state index is -0.319. The molecule has 2 aliphatic rings. The van der Waals surface area contributed by atoms with E-state index in [0.29, 0.717) is 0 Å². The van der Waals surface area contributed by atoms with Crippen LogP contribution in [0, 0.1) is 0 Å². The summed E-state index contributed by atoms with van der Waals surface area (Å²) in [6.07, 6.45) is 3.16. The van der Waals surface area contributed by atoms with Gasteiger partial charge in [-0.25, -0.2) is 0 Å². The molecule has 0 aromatic heterocycles. The number of para-hydroxylation sites is 1. The molecule has 2 saturated heterocycles. The van der Waals surface area contributed by atoms with Crippen molar-refractivity contribution < 1.29 is 9.47 Å². The first-order chi connectivity index (χ1) is 9.27. The fraction of sp³-hybridized carbons (Fsp3) is 0.600. The van der Waals surface area contributed by atoms with Crippen LogP contribution in [0.1, 0.15) is 18.4 Å². The number of ether oxygens (including phenoxy) is 2. The van der Waals surface area contributed by atoms with E-state index >= 15 is 0 Å². The van der Waals surface area contributed by atoms with E-state index in [1.54, 1.807) is 0 Å².